The highest BCUT2D eigenvalue weighted by molar-refractivity contribution is 7.88. The van der Waals surface area contributed by atoms with Crippen molar-refractivity contribution in [2.45, 2.75) is 82.8 Å². The van der Waals surface area contributed by atoms with Crippen molar-refractivity contribution in [3.63, 3.8) is 0 Å². The van der Waals surface area contributed by atoms with Gasteiger partial charge >= 0.3 is 0 Å². The normalized spacial score (nSPS) is 24.4. The Labute approximate surface area is 226 Å². The van der Waals surface area contributed by atoms with E-state index in [0.717, 1.165) is 41.5 Å². The monoisotopic (exact) mass is 554 g/mol. The molecule has 2 aromatic heterocycles. The zero-order chi connectivity index (χ0) is 27.3. The minimum atomic E-state index is -4.21. The molecule has 0 bridgehead atoms. The minimum absolute atomic E-state index is 0.0230. The van der Waals surface area contributed by atoms with Gasteiger partial charge in [-0.15, -0.1) is 0 Å². The summed E-state index contributed by atoms with van der Waals surface area (Å²) in [6.07, 6.45) is 8.62. The molecule has 0 spiro atoms. The smallest absolute Gasteiger partial charge is 0.287 e. The molecule has 4 atom stereocenters. The molecule has 0 unspecified atom stereocenters. The van der Waals surface area contributed by atoms with E-state index in [4.69, 9.17) is 4.43 Å². The van der Waals surface area contributed by atoms with Gasteiger partial charge in [0.05, 0.1) is 22.9 Å². The molecular weight excluding hydrogens is 516 g/mol. The maximum absolute atomic E-state index is 11.5. The Kier molecular flexibility index (Phi) is 7.04. The lowest BCUT2D eigenvalue weighted by Crippen LogP contribution is -2.44. The number of benzene rings is 1. The van der Waals surface area contributed by atoms with Crippen LogP contribution in [0, 0.1) is 5.92 Å². The summed E-state index contributed by atoms with van der Waals surface area (Å²) in [4.78, 5) is 9.23. The van der Waals surface area contributed by atoms with Gasteiger partial charge in [-0.1, -0.05) is 51.1 Å². The van der Waals surface area contributed by atoms with Gasteiger partial charge in [-0.2, -0.15) is 8.42 Å². The lowest BCUT2D eigenvalue weighted by Gasteiger charge is -2.39. The van der Waals surface area contributed by atoms with Crippen LogP contribution in [0.5, 0.6) is 0 Å². The summed E-state index contributed by atoms with van der Waals surface area (Å²) in [7, 11) is -6.32. The molecule has 3 aromatic rings. The number of nitrogens with zero attached hydrogens (tertiary/aromatic N) is 3. The third-order valence-electron chi connectivity index (χ3n) is 8.62. The third-order valence-corrected chi connectivity index (χ3v) is 13.6. The lowest BCUT2D eigenvalue weighted by atomic mass is 10.1. The highest BCUT2D eigenvalue weighted by Gasteiger charge is 2.44. The second kappa shape index (κ2) is 9.89. The van der Waals surface area contributed by atoms with Crippen molar-refractivity contribution in [1.29, 1.82) is 0 Å². The molecule has 1 fully saturated rings. The molecule has 2 aliphatic rings. The standard InChI is InChI=1S/C28H38N4O4SSi/c1-28(2,3)38(4,5)36-25-17-21(16-20(25)13-15-37(33,34)35)32-14-12-23-26(29-18-30-27(23)32)31-24-11-10-19-8-6-7-9-22(19)24/h6-9,12-15,18,20-21,24-25H,10-11,16-17H2,1-5H3,(H,29,30,31)(H,33,34,35)/t20-,21-,24+,25+/m1/s1. The van der Waals surface area contributed by atoms with Crippen LogP contribution in [0.2, 0.25) is 18.1 Å². The van der Waals surface area contributed by atoms with Crippen LogP contribution in [0.1, 0.15) is 63.2 Å². The van der Waals surface area contributed by atoms with Crippen LogP contribution in [-0.2, 0) is 21.0 Å². The molecule has 2 N–H and O–H groups in total. The molecule has 10 heteroatoms. The van der Waals surface area contributed by atoms with E-state index < -0.39 is 18.4 Å². The predicted molar refractivity (Wildman–Crippen MR) is 153 cm³/mol. The number of nitrogens with one attached hydrogen (secondary N) is 1. The Morgan fingerprint density at radius 1 is 1.16 bits per heavy atom. The molecule has 5 rings (SSSR count). The van der Waals surface area contributed by atoms with Crippen molar-refractivity contribution in [2.75, 3.05) is 5.32 Å². The average molecular weight is 555 g/mol. The van der Waals surface area contributed by atoms with Crippen LogP contribution in [0.3, 0.4) is 0 Å². The molecule has 0 saturated heterocycles. The molecule has 204 valence electrons. The SMILES string of the molecule is CC(C)(C)[Si](C)(C)O[C@H]1C[C@H](n2ccc3c(N[C@H]4CCc5ccccc54)ncnc32)C[C@H]1C=CS(=O)(=O)O. The van der Waals surface area contributed by atoms with Crippen molar-refractivity contribution >= 4 is 35.3 Å². The quantitative estimate of drug-likeness (QED) is 0.262. The number of fused-ring (bicyclic) bond motifs is 2. The van der Waals surface area contributed by atoms with Crippen molar-refractivity contribution in [2.24, 2.45) is 5.92 Å². The van der Waals surface area contributed by atoms with Gasteiger partial charge in [0, 0.05) is 18.2 Å². The summed E-state index contributed by atoms with van der Waals surface area (Å²) in [5.41, 5.74) is 3.56. The van der Waals surface area contributed by atoms with Crippen molar-refractivity contribution in [3.8, 4) is 0 Å². The van der Waals surface area contributed by atoms with Crippen molar-refractivity contribution < 1.29 is 17.4 Å². The second-order valence-corrected chi connectivity index (χ2v) is 18.2. The summed E-state index contributed by atoms with van der Waals surface area (Å²) < 4.78 is 41.3. The fourth-order valence-electron chi connectivity index (χ4n) is 5.58. The Hall–Kier alpha value is -2.53. The Balaban J connectivity index is 1.42. The summed E-state index contributed by atoms with van der Waals surface area (Å²) in [6, 6.07) is 10.9. The van der Waals surface area contributed by atoms with Gasteiger partial charge in [-0.3, -0.25) is 4.55 Å². The van der Waals surface area contributed by atoms with Gasteiger partial charge < -0.3 is 14.3 Å². The van der Waals surface area contributed by atoms with Crippen molar-refractivity contribution in [3.05, 3.63) is 65.5 Å². The lowest BCUT2D eigenvalue weighted by molar-refractivity contribution is 0.157. The molecule has 8 nitrogen and oxygen atoms in total. The Morgan fingerprint density at radius 3 is 2.66 bits per heavy atom. The van der Waals surface area contributed by atoms with E-state index in [-0.39, 0.29) is 29.1 Å². The van der Waals surface area contributed by atoms with Crippen LogP contribution in [-0.4, -0.2) is 41.9 Å². The van der Waals surface area contributed by atoms with E-state index >= 15 is 0 Å². The molecular formula is C28H38N4O4SSi. The number of aryl methyl sites for hydroxylation is 1. The number of anilines is 1. The second-order valence-electron chi connectivity index (χ2n) is 12.2. The summed E-state index contributed by atoms with van der Waals surface area (Å²) in [5.74, 6) is 0.688. The van der Waals surface area contributed by atoms with Crippen LogP contribution in [0.25, 0.3) is 11.0 Å². The van der Waals surface area contributed by atoms with Gasteiger partial charge in [0.15, 0.2) is 8.32 Å². The minimum Gasteiger partial charge on any atom is -0.413 e. The fraction of sp³-hybridized carbons (Fsp3) is 0.500. The van der Waals surface area contributed by atoms with E-state index in [2.05, 4.69) is 90.2 Å². The van der Waals surface area contributed by atoms with Gasteiger partial charge in [0.1, 0.15) is 17.8 Å². The Bertz CT molecular complexity index is 1460. The average Bonchev–Trinajstić information content (AvgIpc) is 3.54. The summed E-state index contributed by atoms with van der Waals surface area (Å²) >= 11 is 0. The molecule has 0 radical (unpaired) electrons. The third kappa shape index (κ3) is 5.45. The molecule has 1 saturated carbocycles. The molecule has 0 amide bonds. The van der Waals surface area contributed by atoms with E-state index in [1.54, 1.807) is 12.4 Å². The maximum atomic E-state index is 11.5. The number of hydrogen-bond acceptors (Lipinski definition) is 6. The van der Waals surface area contributed by atoms with Gasteiger partial charge in [0.25, 0.3) is 10.1 Å². The van der Waals surface area contributed by atoms with Crippen molar-refractivity contribution in [1.82, 2.24) is 14.5 Å². The summed E-state index contributed by atoms with van der Waals surface area (Å²) in [5, 5.41) is 5.55. The number of hydrogen-bond donors (Lipinski definition) is 2. The molecule has 2 aliphatic carbocycles. The summed E-state index contributed by atoms with van der Waals surface area (Å²) in [6.45, 7) is 11.0. The van der Waals surface area contributed by atoms with Crippen LogP contribution in [0.15, 0.2) is 54.3 Å². The number of rotatable bonds is 7. The van der Waals surface area contributed by atoms with Gasteiger partial charge in [0.2, 0.25) is 0 Å². The molecule has 1 aromatic carbocycles. The first-order valence-electron chi connectivity index (χ1n) is 13.3. The first kappa shape index (κ1) is 27.0. The maximum Gasteiger partial charge on any atom is 0.287 e. The molecule has 2 heterocycles. The molecule has 38 heavy (non-hydrogen) atoms. The van der Waals surface area contributed by atoms with E-state index in [1.165, 1.54) is 11.1 Å². The topological polar surface area (TPSA) is 106 Å². The zero-order valence-electron chi connectivity index (χ0n) is 22.8. The van der Waals surface area contributed by atoms with E-state index in [1.807, 2.05) is 0 Å². The van der Waals surface area contributed by atoms with Crippen LogP contribution < -0.4 is 5.32 Å². The zero-order valence-corrected chi connectivity index (χ0v) is 24.6. The fourth-order valence-corrected chi connectivity index (χ4v) is 7.36. The Morgan fingerprint density at radius 2 is 1.92 bits per heavy atom. The van der Waals surface area contributed by atoms with E-state index in [9.17, 15) is 13.0 Å². The van der Waals surface area contributed by atoms with Gasteiger partial charge in [-0.05, 0) is 61.0 Å². The number of aromatic nitrogens is 3. The largest absolute Gasteiger partial charge is 0.413 e. The van der Waals surface area contributed by atoms with Gasteiger partial charge in [-0.25, -0.2) is 9.97 Å². The van der Waals surface area contributed by atoms with E-state index in [0.29, 0.717) is 6.42 Å². The predicted octanol–water partition coefficient (Wildman–Crippen LogP) is 6.27. The first-order valence-corrected chi connectivity index (χ1v) is 17.7. The van der Waals surface area contributed by atoms with Crippen LogP contribution >= 0.6 is 0 Å². The van der Waals surface area contributed by atoms with Crippen LogP contribution in [0.4, 0.5) is 5.82 Å². The highest BCUT2D eigenvalue weighted by Crippen LogP contribution is 2.45. The first-order chi connectivity index (χ1) is 17.8. The highest BCUT2D eigenvalue weighted by atomic mass is 32.2. The molecule has 0 aliphatic heterocycles.